The minimum Gasteiger partial charge on any atom is -0.368 e. The molecule has 0 saturated heterocycles. The molecular formula is C19H17N7O2. The summed E-state index contributed by atoms with van der Waals surface area (Å²) in [4.78, 5) is 29.1. The minimum atomic E-state index is -0.310. The molecule has 1 aliphatic rings. The van der Waals surface area contributed by atoms with E-state index in [4.69, 9.17) is 10.3 Å². The van der Waals surface area contributed by atoms with Gasteiger partial charge in [0.05, 0.1) is 5.41 Å². The third-order valence-electron chi connectivity index (χ3n) is 5.33. The van der Waals surface area contributed by atoms with Crippen molar-refractivity contribution >= 4 is 5.95 Å². The molecule has 0 bridgehead atoms. The van der Waals surface area contributed by atoms with Gasteiger partial charge in [-0.1, -0.05) is 35.8 Å². The van der Waals surface area contributed by atoms with Gasteiger partial charge in [-0.05, 0) is 24.0 Å². The average Bonchev–Trinajstić information content (AvgIpc) is 3.32. The first kappa shape index (κ1) is 16.4. The van der Waals surface area contributed by atoms with Crippen molar-refractivity contribution in [3.05, 3.63) is 64.7 Å². The summed E-state index contributed by atoms with van der Waals surface area (Å²) in [5.74, 6) is 1.19. The lowest BCUT2D eigenvalue weighted by Gasteiger charge is -2.39. The van der Waals surface area contributed by atoms with E-state index in [2.05, 4.69) is 42.2 Å². The number of nitrogen functional groups attached to an aromatic ring is 1. The molecule has 1 saturated carbocycles. The SMILES string of the molecule is Nc1ncc(-c2ccc(C3(c4noc(-c5c[nH]c(=O)[nH]5)n4)CCC3)cc2)cn1. The number of nitrogens with one attached hydrogen (secondary N) is 2. The van der Waals surface area contributed by atoms with Crippen molar-refractivity contribution in [2.24, 2.45) is 0 Å². The van der Waals surface area contributed by atoms with E-state index in [1.807, 2.05) is 12.1 Å². The quantitative estimate of drug-likeness (QED) is 0.497. The Morgan fingerprint density at radius 1 is 1.07 bits per heavy atom. The van der Waals surface area contributed by atoms with Gasteiger partial charge < -0.3 is 20.2 Å². The highest BCUT2D eigenvalue weighted by Gasteiger charge is 2.44. The van der Waals surface area contributed by atoms with Gasteiger partial charge in [-0.15, -0.1) is 0 Å². The van der Waals surface area contributed by atoms with Crippen molar-refractivity contribution in [3.8, 4) is 22.7 Å². The second kappa shape index (κ2) is 6.15. The van der Waals surface area contributed by atoms with E-state index in [-0.39, 0.29) is 17.1 Å². The van der Waals surface area contributed by atoms with Crippen LogP contribution in [0, 0.1) is 0 Å². The highest BCUT2D eigenvalue weighted by Crippen LogP contribution is 2.48. The van der Waals surface area contributed by atoms with E-state index in [0.29, 0.717) is 17.4 Å². The van der Waals surface area contributed by atoms with Crippen molar-refractivity contribution in [1.29, 1.82) is 0 Å². The smallest absolute Gasteiger partial charge is 0.323 e. The van der Waals surface area contributed by atoms with E-state index in [0.717, 1.165) is 36.0 Å². The fourth-order valence-electron chi connectivity index (χ4n) is 3.62. The van der Waals surface area contributed by atoms with Gasteiger partial charge in [0.25, 0.3) is 5.89 Å². The van der Waals surface area contributed by atoms with Crippen LogP contribution < -0.4 is 11.4 Å². The molecule has 9 nitrogen and oxygen atoms in total. The number of hydrogen-bond acceptors (Lipinski definition) is 7. The van der Waals surface area contributed by atoms with E-state index in [1.165, 1.54) is 6.20 Å². The molecule has 1 fully saturated rings. The predicted octanol–water partition coefficient (Wildman–Crippen LogP) is 2.26. The minimum absolute atomic E-state index is 0.255. The molecule has 4 N–H and O–H groups in total. The molecule has 0 radical (unpaired) electrons. The van der Waals surface area contributed by atoms with Gasteiger partial charge in [0.1, 0.15) is 5.69 Å². The van der Waals surface area contributed by atoms with Crippen LogP contribution in [0.5, 0.6) is 0 Å². The molecule has 0 unspecified atom stereocenters. The first-order valence-electron chi connectivity index (χ1n) is 8.95. The standard InChI is InChI=1S/C19H17N7O2/c20-17-21-8-12(9-22-17)11-2-4-13(5-3-11)19(6-1-7-19)16-25-15(28-26-16)14-10-23-18(27)24-14/h2-5,8-10H,1,6-7H2,(H2,20,21,22)(H2,23,24,27). The van der Waals surface area contributed by atoms with Gasteiger partial charge in [-0.25, -0.2) is 14.8 Å². The third kappa shape index (κ3) is 2.59. The second-order valence-electron chi connectivity index (χ2n) is 6.92. The zero-order valence-electron chi connectivity index (χ0n) is 14.8. The molecule has 0 spiro atoms. The highest BCUT2D eigenvalue weighted by molar-refractivity contribution is 5.63. The van der Waals surface area contributed by atoms with Gasteiger partial charge in [0, 0.05) is 24.2 Å². The van der Waals surface area contributed by atoms with E-state index >= 15 is 0 Å². The molecule has 4 aromatic rings. The Labute approximate surface area is 159 Å². The van der Waals surface area contributed by atoms with E-state index in [9.17, 15) is 4.79 Å². The van der Waals surface area contributed by atoms with Crippen molar-refractivity contribution in [1.82, 2.24) is 30.1 Å². The number of imidazole rings is 1. The van der Waals surface area contributed by atoms with Crippen LogP contribution in [0.2, 0.25) is 0 Å². The number of benzene rings is 1. The van der Waals surface area contributed by atoms with E-state index in [1.54, 1.807) is 12.4 Å². The van der Waals surface area contributed by atoms with Gasteiger partial charge >= 0.3 is 5.69 Å². The Balaban J connectivity index is 1.47. The number of nitrogens with two attached hydrogens (primary N) is 1. The molecule has 0 aliphatic heterocycles. The van der Waals surface area contributed by atoms with Gasteiger partial charge in [-0.3, -0.25) is 0 Å². The van der Waals surface area contributed by atoms with Crippen molar-refractivity contribution < 1.29 is 4.52 Å². The van der Waals surface area contributed by atoms with Crippen LogP contribution in [-0.4, -0.2) is 30.1 Å². The zero-order valence-corrected chi connectivity index (χ0v) is 14.8. The van der Waals surface area contributed by atoms with Crippen molar-refractivity contribution in [2.45, 2.75) is 24.7 Å². The Bertz CT molecular complexity index is 1170. The fourth-order valence-corrected chi connectivity index (χ4v) is 3.62. The summed E-state index contributed by atoms with van der Waals surface area (Å²) in [6.07, 6.45) is 7.92. The van der Waals surface area contributed by atoms with Crippen LogP contribution in [-0.2, 0) is 5.41 Å². The van der Waals surface area contributed by atoms with Gasteiger partial charge in [-0.2, -0.15) is 4.98 Å². The molecule has 0 amide bonds. The van der Waals surface area contributed by atoms with Crippen LogP contribution in [0.4, 0.5) is 5.95 Å². The molecule has 9 heteroatoms. The van der Waals surface area contributed by atoms with Gasteiger partial charge in [0.2, 0.25) is 5.95 Å². The Kier molecular flexibility index (Phi) is 3.61. The van der Waals surface area contributed by atoms with Crippen LogP contribution in [0.15, 0.2) is 52.2 Å². The maximum atomic E-state index is 11.3. The maximum Gasteiger partial charge on any atom is 0.323 e. The first-order valence-corrected chi connectivity index (χ1v) is 8.95. The molecular weight excluding hydrogens is 358 g/mol. The summed E-state index contributed by atoms with van der Waals surface area (Å²) < 4.78 is 5.39. The number of nitrogens with zero attached hydrogens (tertiary/aromatic N) is 4. The van der Waals surface area contributed by atoms with Crippen LogP contribution in [0.1, 0.15) is 30.7 Å². The zero-order chi connectivity index (χ0) is 19.1. The highest BCUT2D eigenvalue weighted by atomic mass is 16.5. The fraction of sp³-hybridized carbons (Fsp3) is 0.211. The molecule has 140 valence electrons. The lowest BCUT2D eigenvalue weighted by atomic mass is 9.64. The normalized spacial score (nSPS) is 15.3. The topological polar surface area (TPSA) is 139 Å². The van der Waals surface area contributed by atoms with Crippen molar-refractivity contribution in [2.75, 3.05) is 5.73 Å². The molecule has 0 atom stereocenters. The Hall–Kier alpha value is -3.75. The summed E-state index contributed by atoms with van der Waals surface area (Å²) in [5, 5.41) is 4.21. The Morgan fingerprint density at radius 2 is 1.82 bits per heavy atom. The molecule has 5 rings (SSSR count). The van der Waals surface area contributed by atoms with E-state index < -0.39 is 0 Å². The number of aromatic amines is 2. The average molecular weight is 375 g/mol. The summed E-state index contributed by atoms with van der Waals surface area (Å²) in [7, 11) is 0. The third-order valence-corrected chi connectivity index (χ3v) is 5.33. The Morgan fingerprint density at radius 3 is 2.43 bits per heavy atom. The lowest BCUT2D eigenvalue weighted by molar-refractivity contribution is 0.273. The number of hydrogen-bond donors (Lipinski definition) is 3. The van der Waals surface area contributed by atoms with Gasteiger partial charge in [0.15, 0.2) is 5.82 Å². The largest absolute Gasteiger partial charge is 0.368 e. The predicted molar refractivity (Wildman–Crippen MR) is 101 cm³/mol. The van der Waals surface area contributed by atoms with Crippen molar-refractivity contribution in [3.63, 3.8) is 0 Å². The van der Waals surface area contributed by atoms with Crippen LogP contribution in [0.3, 0.4) is 0 Å². The molecule has 3 aromatic heterocycles. The number of rotatable bonds is 4. The van der Waals surface area contributed by atoms with Crippen LogP contribution in [0.25, 0.3) is 22.7 Å². The number of anilines is 1. The summed E-state index contributed by atoms with van der Waals surface area (Å²) >= 11 is 0. The van der Waals surface area contributed by atoms with Crippen LogP contribution >= 0.6 is 0 Å². The number of H-pyrrole nitrogens is 2. The first-order chi connectivity index (χ1) is 13.6. The maximum absolute atomic E-state index is 11.3. The summed E-state index contributed by atoms with van der Waals surface area (Å²) in [6, 6.07) is 8.24. The summed E-state index contributed by atoms with van der Waals surface area (Å²) in [5.41, 5.74) is 8.51. The number of aromatic nitrogens is 6. The second-order valence-corrected chi connectivity index (χ2v) is 6.92. The molecule has 28 heavy (non-hydrogen) atoms. The molecule has 1 aliphatic carbocycles. The molecule has 3 heterocycles. The lowest BCUT2D eigenvalue weighted by Crippen LogP contribution is -2.36. The summed E-state index contributed by atoms with van der Waals surface area (Å²) in [6.45, 7) is 0. The molecule has 1 aromatic carbocycles. The monoisotopic (exact) mass is 375 g/mol.